The highest BCUT2D eigenvalue weighted by Crippen LogP contribution is 2.23. The van der Waals surface area contributed by atoms with Crippen molar-refractivity contribution in [1.82, 2.24) is 0 Å². The van der Waals surface area contributed by atoms with Gasteiger partial charge in [-0.2, -0.15) is 0 Å². The van der Waals surface area contributed by atoms with Gasteiger partial charge in [-0.15, -0.1) is 0 Å². The Morgan fingerprint density at radius 2 is 1.42 bits per heavy atom. The van der Waals surface area contributed by atoms with Crippen LogP contribution in [0.3, 0.4) is 0 Å². The van der Waals surface area contributed by atoms with Gasteiger partial charge in [-0.3, -0.25) is 5.41 Å². The van der Waals surface area contributed by atoms with Crippen molar-refractivity contribution in [2.24, 2.45) is 0 Å². The minimum Gasteiger partial charge on any atom is -0.422 e. The molecule has 0 amide bonds. The van der Waals surface area contributed by atoms with Gasteiger partial charge < -0.3 is 4.74 Å². The van der Waals surface area contributed by atoms with E-state index < -0.39 is 5.97 Å². The van der Waals surface area contributed by atoms with E-state index in [4.69, 9.17) is 21.7 Å². The van der Waals surface area contributed by atoms with Crippen LogP contribution in [0.1, 0.15) is 21.5 Å². The molecule has 0 aromatic heterocycles. The summed E-state index contributed by atoms with van der Waals surface area (Å²) in [6, 6.07) is 22.8. The van der Waals surface area contributed by atoms with Gasteiger partial charge in [0.2, 0.25) is 0 Å². The molecule has 0 unspecified atom stereocenters. The van der Waals surface area contributed by atoms with Gasteiger partial charge in [-0.25, -0.2) is 4.79 Å². The molecule has 3 rings (SSSR count). The number of hydrogen-bond donors (Lipinski definition) is 1. The smallest absolute Gasteiger partial charge is 0.343 e. The van der Waals surface area contributed by atoms with Gasteiger partial charge in [0, 0.05) is 16.1 Å². The molecule has 0 atom stereocenters. The van der Waals surface area contributed by atoms with Crippen LogP contribution in [0, 0.1) is 5.41 Å². The molecule has 0 spiro atoms. The average Bonchev–Trinajstić information content (AvgIpc) is 2.63. The van der Waals surface area contributed by atoms with Crippen LogP contribution in [-0.4, -0.2) is 11.7 Å². The molecule has 0 fully saturated rings. The van der Waals surface area contributed by atoms with Gasteiger partial charge in [-0.05, 0) is 36.4 Å². The maximum atomic E-state index is 12.3. The number of para-hydroxylation sites is 1. The molecule has 0 saturated carbocycles. The van der Waals surface area contributed by atoms with Gasteiger partial charge >= 0.3 is 5.97 Å². The minimum atomic E-state index is -0.452. The predicted octanol–water partition coefficient (Wildman–Crippen LogP) is 4.98. The Morgan fingerprint density at radius 1 is 0.792 bits per heavy atom. The summed E-state index contributed by atoms with van der Waals surface area (Å²) in [7, 11) is 0. The summed E-state index contributed by atoms with van der Waals surface area (Å²) in [4.78, 5) is 12.3. The summed E-state index contributed by atoms with van der Waals surface area (Å²) in [5.74, 6) is -0.0988. The van der Waals surface area contributed by atoms with Crippen molar-refractivity contribution in [3.05, 3.63) is 101 Å². The normalized spacial score (nSPS) is 10.2. The molecule has 0 aliphatic rings. The summed E-state index contributed by atoms with van der Waals surface area (Å²) < 4.78 is 5.49. The summed E-state index contributed by atoms with van der Waals surface area (Å²) in [5, 5.41) is 9.00. The van der Waals surface area contributed by atoms with Crippen molar-refractivity contribution in [2.75, 3.05) is 0 Å². The Balaban J connectivity index is 1.89. The summed E-state index contributed by atoms with van der Waals surface area (Å²) >= 11 is 5.89. The first-order valence-corrected chi connectivity index (χ1v) is 7.74. The van der Waals surface area contributed by atoms with Crippen molar-refractivity contribution in [3.8, 4) is 5.75 Å². The lowest BCUT2D eigenvalue weighted by atomic mass is 10.0. The number of rotatable bonds is 4. The zero-order valence-corrected chi connectivity index (χ0v) is 13.5. The van der Waals surface area contributed by atoms with Gasteiger partial charge in [0.1, 0.15) is 5.75 Å². The molecule has 3 nitrogen and oxygen atoms in total. The van der Waals surface area contributed by atoms with E-state index in [1.165, 1.54) is 0 Å². The lowest BCUT2D eigenvalue weighted by Gasteiger charge is -2.11. The Kier molecular flexibility index (Phi) is 4.73. The summed E-state index contributed by atoms with van der Waals surface area (Å²) in [6.07, 6.45) is 0. The number of benzene rings is 3. The topological polar surface area (TPSA) is 50.1 Å². The fourth-order valence-electron chi connectivity index (χ4n) is 2.27. The maximum Gasteiger partial charge on any atom is 0.343 e. The van der Waals surface area contributed by atoms with E-state index in [-0.39, 0.29) is 5.71 Å². The van der Waals surface area contributed by atoms with E-state index >= 15 is 0 Å². The van der Waals surface area contributed by atoms with Crippen LogP contribution in [0.2, 0.25) is 5.02 Å². The zero-order chi connectivity index (χ0) is 16.9. The third-order valence-electron chi connectivity index (χ3n) is 3.50. The SMILES string of the molecule is N=C(c1ccc(Cl)cc1)c1ccccc1OC(=O)c1ccccc1. The van der Waals surface area contributed by atoms with E-state index in [0.29, 0.717) is 27.5 Å². The molecular weight excluding hydrogens is 322 g/mol. The van der Waals surface area contributed by atoms with Crippen LogP contribution >= 0.6 is 11.6 Å². The number of carbonyl (C=O) groups is 1. The Labute approximate surface area is 145 Å². The molecule has 0 aliphatic heterocycles. The van der Waals surface area contributed by atoms with Crippen molar-refractivity contribution < 1.29 is 9.53 Å². The fourth-order valence-corrected chi connectivity index (χ4v) is 2.39. The lowest BCUT2D eigenvalue weighted by Crippen LogP contribution is -2.12. The summed E-state index contributed by atoms with van der Waals surface area (Å²) in [5.41, 5.74) is 1.97. The molecule has 0 heterocycles. The molecule has 0 aliphatic carbocycles. The fraction of sp³-hybridized carbons (Fsp3) is 0. The molecule has 3 aromatic carbocycles. The number of halogens is 1. The Morgan fingerprint density at radius 3 is 2.12 bits per heavy atom. The number of ether oxygens (including phenoxy) is 1. The maximum absolute atomic E-state index is 12.3. The van der Waals surface area contributed by atoms with Crippen LogP contribution in [-0.2, 0) is 0 Å². The largest absolute Gasteiger partial charge is 0.422 e. The van der Waals surface area contributed by atoms with Gasteiger partial charge in [0.15, 0.2) is 0 Å². The number of hydrogen-bond acceptors (Lipinski definition) is 3. The highest BCUT2D eigenvalue weighted by atomic mass is 35.5. The van der Waals surface area contributed by atoms with Crippen LogP contribution < -0.4 is 4.74 Å². The first kappa shape index (κ1) is 16.0. The van der Waals surface area contributed by atoms with Gasteiger partial charge in [0.05, 0.1) is 11.3 Å². The molecule has 4 heteroatoms. The minimum absolute atomic E-state index is 0.267. The lowest BCUT2D eigenvalue weighted by molar-refractivity contribution is 0.0734. The van der Waals surface area contributed by atoms with Crippen molar-refractivity contribution in [2.45, 2.75) is 0 Å². The van der Waals surface area contributed by atoms with Crippen LogP contribution in [0.5, 0.6) is 5.75 Å². The first-order chi connectivity index (χ1) is 11.6. The van der Waals surface area contributed by atoms with E-state index in [1.807, 2.05) is 6.07 Å². The molecule has 0 radical (unpaired) electrons. The van der Waals surface area contributed by atoms with E-state index in [2.05, 4.69) is 0 Å². The van der Waals surface area contributed by atoms with Gasteiger partial charge in [-0.1, -0.05) is 54.1 Å². The first-order valence-electron chi connectivity index (χ1n) is 7.36. The van der Waals surface area contributed by atoms with Crippen molar-refractivity contribution in [1.29, 1.82) is 5.41 Å². The molecule has 1 N–H and O–H groups in total. The highest BCUT2D eigenvalue weighted by Gasteiger charge is 2.15. The third kappa shape index (κ3) is 3.53. The Hall–Kier alpha value is -2.91. The van der Waals surface area contributed by atoms with Crippen LogP contribution in [0.15, 0.2) is 78.9 Å². The second-order valence-corrected chi connectivity index (χ2v) is 5.57. The number of carbonyl (C=O) groups excluding carboxylic acids is 1. The molecule has 24 heavy (non-hydrogen) atoms. The van der Waals surface area contributed by atoms with E-state index in [0.717, 1.165) is 0 Å². The second-order valence-electron chi connectivity index (χ2n) is 5.13. The van der Waals surface area contributed by atoms with Crippen molar-refractivity contribution in [3.63, 3.8) is 0 Å². The molecular formula is C20H14ClNO2. The standard InChI is InChI=1S/C20H14ClNO2/c21-16-12-10-14(11-13-16)19(22)17-8-4-5-9-18(17)24-20(23)15-6-2-1-3-7-15/h1-13,22H. The van der Waals surface area contributed by atoms with E-state index in [9.17, 15) is 4.79 Å². The zero-order valence-electron chi connectivity index (χ0n) is 12.7. The Bertz CT molecular complexity index is 874. The third-order valence-corrected chi connectivity index (χ3v) is 3.75. The predicted molar refractivity (Wildman–Crippen MR) is 95.2 cm³/mol. The average molecular weight is 336 g/mol. The molecule has 3 aromatic rings. The molecule has 0 saturated heterocycles. The number of nitrogens with one attached hydrogen (secondary N) is 1. The highest BCUT2D eigenvalue weighted by molar-refractivity contribution is 6.30. The second kappa shape index (κ2) is 7.11. The van der Waals surface area contributed by atoms with Crippen molar-refractivity contribution >= 4 is 23.3 Å². The number of esters is 1. The van der Waals surface area contributed by atoms with Gasteiger partial charge in [0.25, 0.3) is 0 Å². The monoisotopic (exact) mass is 335 g/mol. The van der Waals surface area contributed by atoms with Crippen LogP contribution in [0.25, 0.3) is 0 Å². The molecule has 118 valence electrons. The van der Waals surface area contributed by atoms with Crippen LogP contribution in [0.4, 0.5) is 0 Å². The molecule has 0 bridgehead atoms. The van der Waals surface area contributed by atoms with E-state index in [1.54, 1.807) is 72.8 Å². The summed E-state index contributed by atoms with van der Waals surface area (Å²) in [6.45, 7) is 0. The quantitative estimate of drug-likeness (QED) is 0.415.